The molecular weight excluding hydrogens is 292 g/mol. The van der Waals surface area contributed by atoms with Gasteiger partial charge in [-0.05, 0) is 30.7 Å². The van der Waals surface area contributed by atoms with E-state index in [0.717, 1.165) is 36.6 Å². The quantitative estimate of drug-likeness (QED) is 0.817. The number of aromatic nitrogens is 3. The summed E-state index contributed by atoms with van der Waals surface area (Å²) in [4.78, 5) is 17.5. The number of benzene rings is 1. The van der Waals surface area contributed by atoms with Gasteiger partial charge in [0.15, 0.2) is 5.82 Å². The number of carbonyl (C=O) groups is 1. The maximum Gasteiger partial charge on any atom is 0.249 e. The zero-order valence-electron chi connectivity index (χ0n) is 13.7. The molecule has 0 aliphatic rings. The Balaban J connectivity index is 2.03. The summed E-state index contributed by atoms with van der Waals surface area (Å²) in [5, 5.41) is 13.8. The van der Waals surface area contributed by atoms with Gasteiger partial charge in [-0.3, -0.25) is 4.79 Å². The highest BCUT2D eigenvalue weighted by atomic mass is 16.1. The molecule has 0 unspecified atom stereocenters. The van der Waals surface area contributed by atoms with Crippen LogP contribution in [-0.4, -0.2) is 34.7 Å². The smallest absolute Gasteiger partial charge is 0.249 e. The molecule has 1 heterocycles. The first kappa shape index (κ1) is 16.7. The lowest BCUT2D eigenvalue weighted by Crippen LogP contribution is -2.20. The van der Waals surface area contributed by atoms with Crippen molar-refractivity contribution in [2.24, 2.45) is 0 Å². The fourth-order valence-corrected chi connectivity index (χ4v) is 2.01. The number of unbranched alkanes of at least 4 members (excludes halogenated alkanes) is 1. The van der Waals surface area contributed by atoms with Crippen molar-refractivity contribution in [3.8, 4) is 0 Å². The van der Waals surface area contributed by atoms with Gasteiger partial charge in [0, 0.05) is 31.9 Å². The average molecular weight is 314 g/mol. The van der Waals surface area contributed by atoms with Crippen LogP contribution in [0, 0.1) is 0 Å². The van der Waals surface area contributed by atoms with Crippen LogP contribution in [0.4, 0.5) is 23.1 Å². The van der Waals surface area contributed by atoms with Gasteiger partial charge in [0.05, 0.1) is 6.20 Å². The van der Waals surface area contributed by atoms with E-state index in [4.69, 9.17) is 0 Å². The maximum absolute atomic E-state index is 11.0. The van der Waals surface area contributed by atoms with Gasteiger partial charge in [0.25, 0.3) is 0 Å². The monoisotopic (exact) mass is 314 g/mol. The molecule has 7 nitrogen and oxygen atoms in total. The van der Waals surface area contributed by atoms with E-state index in [2.05, 4.69) is 37.6 Å². The van der Waals surface area contributed by atoms with Crippen molar-refractivity contribution in [1.82, 2.24) is 15.2 Å². The molecule has 0 bridgehead atoms. The van der Waals surface area contributed by atoms with E-state index in [1.165, 1.54) is 6.92 Å². The van der Waals surface area contributed by atoms with Crippen LogP contribution in [0.2, 0.25) is 0 Å². The summed E-state index contributed by atoms with van der Waals surface area (Å²) >= 11 is 0. The summed E-state index contributed by atoms with van der Waals surface area (Å²) in [7, 11) is 1.99. The Hall–Kier alpha value is -2.70. The van der Waals surface area contributed by atoms with Crippen LogP contribution in [0.3, 0.4) is 0 Å². The van der Waals surface area contributed by atoms with Crippen molar-refractivity contribution in [3.05, 3.63) is 30.5 Å². The topological polar surface area (TPSA) is 83.0 Å². The van der Waals surface area contributed by atoms with E-state index < -0.39 is 0 Å². The fraction of sp³-hybridized carbons (Fsp3) is 0.375. The Morgan fingerprint density at radius 3 is 2.57 bits per heavy atom. The molecule has 1 aromatic heterocycles. The molecule has 0 saturated heterocycles. The normalized spacial score (nSPS) is 10.2. The molecule has 0 aliphatic heterocycles. The van der Waals surface area contributed by atoms with E-state index in [0.29, 0.717) is 5.95 Å². The summed E-state index contributed by atoms with van der Waals surface area (Å²) < 4.78 is 0. The van der Waals surface area contributed by atoms with E-state index in [-0.39, 0.29) is 5.91 Å². The summed E-state index contributed by atoms with van der Waals surface area (Å²) in [6.45, 7) is 4.57. The molecule has 122 valence electrons. The van der Waals surface area contributed by atoms with Crippen molar-refractivity contribution in [3.63, 3.8) is 0 Å². The molecule has 2 rings (SSSR count). The van der Waals surface area contributed by atoms with Gasteiger partial charge in [-0.15, -0.1) is 5.10 Å². The van der Waals surface area contributed by atoms with Crippen LogP contribution in [0.1, 0.15) is 26.7 Å². The number of hydrogen-bond donors (Lipinski definition) is 2. The van der Waals surface area contributed by atoms with Gasteiger partial charge in [-0.2, -0.15) is 10.1 Å². The molecule has 23 heavy (non-hydrogen) atoms. The Kier molecular flexibility index (Phi) is 5.85. The third kappa shape index (κ3) is 5.21. The molecule has 0 fully saturated rings. The Bertz CT molecular complexity index is 643. The van der Waals surface area contributed by atoms with Crippen LogP contribution >= 0.6 is 0 Å². The van der Waals surface area contributed by atoms with E-state index in [1.807, 2.05) is 31.3 Å². The molecule has 0 radical (unpaired) electrons. The molecule has 0 spiro atoms. The van der Waals surface area contributed by atoms with Crippen molar-refractivity contribution >= 4 is 29.0 Å². The molecule has 0 aliphatic carbocycles. The second-order valence-corrected chi connectivity index (χ2v) is 5.30. The lowest BCUT2D eigenvalue weighted by molar-refractivity contribution is -0.114. The zero-order valence-corrected chi connectivity index (χ0v) is 13.7. The first-order valence-corrected chi connectivity index (χ1v) is 7.64. The average Bonchev–Trinajstić information content (AvgIpc) is 2.54. The van der Waals surface area contributed by atoms with Gasteiger partial charge in [0.2, 0.25) is 11.9 Å². The first-order valence-electron chi connectivity index (χ1n) is 7.64. The number of hydrogen-bond acceptors (Lipinski definition) is 6. The molecule has 1 amide bonds. The van der Waals surface area contributed by atoms with E-state index in [9.17, 15) is 4.79 Å². The van der Waals surface area contributed by atoms with Gasteiger partial charge in [-0.1, -0.05) is 13.3 Å². The number of amides is 1. The summed E-state index contributed by atoms with van der Waals surface area (Å²) in [6.07, 6.45) is 3.89. The number of rotatable bonds is 7. The van der Waals surface area contributed by atoms with Crippen LogP contribution in [0.5, 0.6) is 0 Å². The maximum atomic E-state index is 11.0. The zero-order chi connectivity index (χ0) is 16.7. The molecular formula is C16H22N6O. The first-order chi connectivity index (χ1) is 11.1. The molecule has 0 atom stereocenters. The Labute approximate surface area is 136 Å². The summed E-state index contributed by atoms with van der Waals surface area (Å²) in [5.74, 6) is 1.13. The van der Waals surface area contributed by atoms with Crippen LogP contribution in [-0.2, 0) is 4.79 Å². The highest BCUT2D eigenvalue weighted by Crippen LogP contribution is 2.17. The molecule has 1 aromatic carbocycles. The second-order valence-electron chi connectivity index (χ2n) is 5.30. The predicted octanol–water partition coefficient (Wildman–Crippen LogP) is 2.81. The van der Waals surface area contributed by atoms with Gasteiger partial charge >= 0.3 is 0 Å². The fourth-order valence-electron chi connectivity index (χ4n) is 2.01. The van der Waals surface area contributed by atoms with Crippen LogP contribution < -0.4 is 15.5 Å². The third-order valence-electron chi connectivity index (χ3n) is 3.25. The summed E-state index contributed by atoms with van der Waals surface area (Å²) in [6, 6.07) is 7.33. The van der Waals surface area contributed by atoms with Crippen molar-refractivity contribution < 1.29 is 4.79 Å². The largest absolute Gasteiger partial charge is 0.358 e. The third-order valence-corrected chi connectivity index (χ3v) is 3.25. The predicted molar refractivity (Wildman–Crippen MR) is 92.0 cm³/mol. The lowest BCUT2D eigenvalue weighted by Gasteiger charge is -2.17. The van der Waals surface area contributed by atoms with Gasteiger partial charge in [0.1, 0.15) is 0 Å². The van der Waals surface area contributed by atoms with Gasteiger partial charge in [-0.25, -0.2) is 0 Å². The molecule has 2 aromatic rings. The lowest BCUT2D eigenvalue weighted by atomic mass is 10.3. The Morgan fingerprint density at radius 1 is 1.22 bits per heavy atom. The minimum absolute atomic E-state index is 0.0962. The number of carbonyl (C=O) groups excluding carboxylic acids is 1. The number of nitrogens with one attached hydrogen (secondary N) is 2. The standard InChI is InChI=1S/C16H22N6O/c1-4-5-10-22(3)15-11-17-21-16(20-15)19-14-8-6-13(7-9-14)18-12(2)23/h6-9,11H,4-5,10H2,1-3H3,(H,18,23)(H,19,20,21). The highest BCUT2D eigenvalue weighted by molar-refractivity contribution is 5.88. The van der Waals surface area contributed by atoms with Crippen molar-refractivity contribution in [2.75, 3.05) is 29.1 Å². The van der Waals surface area contributed by atoms with Crippen molar-refractivity contribution in [2.45, 2.75) is 26.7 Å². The number of anilines is 4. The van der Waals surface area contributed by atoms with Gasteiger partial charge < -0.3 is 15.5 Å². The van der Waals surface area contributed by atoms with E-state index >= 15 is 0 Å². The molecule has 0 saturated carbocycles. The minimum Gasteiger partial charge on any atom is -0.358 e. The second kappa shape index (κ2) is 8.07. The Morgan fingerprint density at radius 2 is 1.91 bits per heavy atom. The highest BCUT2D eigenvalue weighted by Gasteiger charge is 2.06. The number of nitrogens with zero attached hydrogens (tertiary/aromatic N) is 4. The van der Waals surface area contributed by atoms with E-state index in [1.54, 1.807) is 6.20 Å². The minimum atomic E-state index is -0.0962. The van der Waals surface area contributed by atoms with Crippen LogP contribution in [0.15, 0.2) is 30.5 Å². The molecule has 2 N–H and O–H groups in total. The SMILES string of the molecule is CCCCN(C)c1cnnc(Nc2ccc(NC(C)=O)cc2)n1. The van der Waals surface area contributed by atoms with Crippen LogP contribution in [0.25, 0.3) is 0 Å². The van der Waals surface area contributed by atoms with Crippen molar-refractivity contribution in [1.29, 1.82) is 0 Å². The summed E-state index contributed by atoms with van der Waals surface area (Å²) in [5.41, 5.74) is 1.57. The molecule has 7 heteroatoms.